The van der Waals surface area contributed by atoms with Gasteiger partial charge in [-0.15, -0.1) is 0 Å². The smallest absolute Gasteiger partial charge is 0.338 e. The topological polar surface area (TPSA) is 134 Å². The fourth-order valence-electron chi connectivity index (χ4n) is 2.08. The van der Waals surface area contributed by atoms with E-state index in [4.69, 9.17) is 18.4 Å². The monoisotopic (exact) mass is 385 g/mol. The highest BCUT2D eigenvalue weighted by Gasteiger charge is 2.15. The van der Waals surface area contributed by atoms with Crippen LogP contribution in [0.5, 0.6) is 5.75 Å². The summed E-state index contributed by atoms with van der Waals surface area (Å²) in [5, 5.41) is 5.75. The van der Waals surface area contributed by atoms with Gasteiger partial charge in [-0.25, -0.2) is 4.79 Å². The molecule has 3 aromatic rings. The minimum Gasteiger partial charge on any atom is -0.485 e. The standard InChI is InChI=1S/C18H15N3O7/c1-11-19-15(21-28-11)9-26-13-6-4-12(5-7-13)18(24)27-10-16(22)20-17(23)14-3-2-8-25-14/h2-8H,9-10H2,1H3,(H,20,22,23). The third-order valence-corrected chi connectivity index (χ3v) is 3.36. The summed E-state index contributed by atoms with van der Waals surface area (Å²) in [6, 6.07) is 8.98. The van der Waals surface area contributed by atoms with Gasteiger partial charge in [0.05, 0.1) is 11.8 Å². The Kier molecular flexibility index (Phi) is 5.80. The second-order valence-corrected chi connectivity index (χ2v) is 5.47. The van der Waals surface area contributed by atoms with E-state index in [1.807, 2.05) is 5.32 Å². The number of amides is 2. The van der Waals surface area contributed by atoms with Gasteiger partial charge in [0.1, 0.15) is 5.75 Å². The molecule has 0 aliphatic heterocycles. The Morgan fingerprint density at radius 2 is 1.93 bits per heavy atom. The molecule has 10 nitrogen and oxygen atoms in total. The molecule has 2 amide bonds. The van der Waals surface area contributed by atoms with Gasteiger partial charge in [-0.05, 0) is 36.4 Å². The highest BCUT2D eigenvalue weighted by Crippen LogP contribution is 2.14. The van der Waals surface area contributed by atoms with Crippen molar-refractivity contribution < 1.29 is 32.8 Å². The number of nitrogens with one attached hydrogen (secondary N) is 1. The number of aromatic nitrogens is 2. The van der Waals surface area contributed by atoms with Crippen molar-refractivity contribution in [2.45, 2.75) is 13.5 Å². The van der Waals surface area contributed by atoms with Gasteiger partial charge in [-0.2, -0.15) is 4.98 Å². The van der Waals surface area contributed by atoms with Crippen molar-refractivity contribution in [3.05, 3.63) is 65.7 Å². The molecule has 2 heterocycles. The van der Waals surface area contributed by atoms with Crippen molar-refractivity contribution in [3.8, 4) is 5.75 Å². The number of rotatable bonds is 7. The van der Waals surface area contributed by atoms with Crippen LogP contribution in [-0.4, -0.2) is 34.5 Å². The van der Waals surface area contributed by atoms with Crippen molar-refractivity contribution in [1.29, 1.82) is 0 Å². The lowest BCUT2D eigenvalue weighted by atomic mass is 10.2. The van der Waals surface area contributed by atoms with E-state index in [1.54, 1.807) is 19.1 Å². The third kappa shape index (κ3) is 5.04. The fourth-order valence-corrected chi connectivity index (χ4v) is 2.08. The zero-order chi connectivity index (χ0) is 19.9. The van der Waals surface area contributed by atoms with E-state index in [-0.39, 0.29) is 17.9 Å². The molecule has 0 saturated heterocycles. The van der Waals surface area contributed by atoms with Crippen LogP contribution >= 0.6 is 0 Å². The van der Waals surface area contributed by atoms with Crippen molar-refractivity contribution in [1.82, 2.24) is 15.5 Å². The molecular weight excluding hydrogens is 370 g/mol. The molecule has 1 aromatic carbocycles. The first-order chi connectivity index (χ1) is 13.5. The Bertz CT molecular complexity index is 961. The highest BCUT2D eigenvalue weighted by molar-refractivity contribution is 6.04. The van der Waals surface area contributed by atoms with Crippen molar-refractivity contribution in [3.63, 3.8) is 0 Å². The van der Waals surface area contributed by atoms with E-state index in [0.29, 0.717) is 17.5 Å². The van der Waals surface area contributed by atoms with Gasteiger partial charge < -0.3 is 18.4 Å². The molecule has 1 N–H and O–H groups in total. The van der Waals surface area contributed by atoms with Gasteiger partial charge in [-0.3, -0.25) is 14.9 Å². The molecule has 28 heavy (non-hydrogen) atoms. The van der Waals surface area contributed by atoms with Crippen molar-refractivity contribution >= 4 is 17.8 Å². The number of ether oxygens (including phenoxy) is 2. The number of hydrogen-bond acceptors (Lipinski definition) is 9. The number of carbonyl (C=O) groups excluding carboxylic acids is 3. The molecule has 0 atom stereocenters. The lowest BCUT2D eigenvalue weighted by Gasteiger charge is -2.06. The van der Waals surface area contributed by atoms with Gasteiger partial charge in [0.15, 0.2) is 19.0 Å². The Morgan fingerprint density at radius 3 is 2.57 bits per heavy atom. The van der Waals surface area contributed by atoms with E-state index in [0.717, 1.165) is 0 Å². The first-order valence-corrected chi connectivity index (χ1v) is 8.08. The molecule has 0 aliphatic carbocycles. The number of carbonyl (C=O) groups is 3. The molecule has 0 saturated carbocycles. The largest absolute Gasteiger partial charge is 0.485 e. The summed E-state index contributed by atoms with van der Waals surface area (Å²) in [5.41, 5.74) is 0.216. The second-order valence-electron chi connectivity index (χ2n) is 5.47. The number of nitrogens with zero attached hydrogens (tertiary/aromatic N) is 2. The van der Waals surface area contributed by atoms with Crippen LogP contribution < -0.4 is 10.1 Å². The van der Waals surface area contributed by atoms with Crippen LogP contribution in [0.3, 0.4) is 0 Å². The highest BCUT2D eigenvalue weighted by atomic mass is 16.5. The lowest BCUT2D eigenvalue weighted by Crippen LogP contribution is -2.33. The van der Waals surface area contributed by atoms with Crippen molar-refractivity contribution in [2.75, 3.05) is 6.61 Å². The number of imide groups is 1. The zero-order valence-corrected chi connectivity index (χ0v) is 14.7. The Hall–Kier alpha value is -3.95. The van der Waals surface area contributed by atoms with Crippen LogP contribution in [0.15, 0.2) is 51.6 Å². The quantitative estimate of drug-likeness (QED) is 0.603. The predicted molar refractivity (Wildman–Crippen MR) is 91.3 cm³/mol. The molecule has 0 spiro atoms. The van der Waals surface area contributed by atoms with E-state index in [1.165, 1.54) is 30.5 Å². The minimum absolute atomic E-state index is 0.0220. The fraction of sp³-hybridized carbons (Fsp3) is 0.167. The summed E-state index contributed by atoms with van der Waals surface area (Å²) in [6.45, 7) is 1.18. The van der Waals surface area contributed by atoms with E-state index < -0.39 is 24.4 Å². The summed E-state index contributed by atoms with van der Waals surface area (Å²) >= 11 is 0. The van der Waals surface area contributed by atoms with E-state index in [2.05, 4.69) is 10.1 Å². The normalized spacial score (nSPS) is 10.3. The number of benzene rings is 1. The maximum Gasteiger partial charge on any atom is 0.338 e. The van der Waals surface area contributed by atoms with Gasteiger partial charge in [0.2, 0.25) is 11.7 Å². The minimum atomic E-state index is -0.773. The van der Waals surface area contributed by atoms with Gasteiger partial charge in [-0.1, -0.05) is 5.16 Å². The van der Waals surface area contributed by atoms with Gasteiger partial charge >= 0.3 is 5.97 Å². The number of aryl methyl sites for hydroxylation is 1. The molecule has 0 unspecified atom stereocenters. The molecule has 0 bridgehead atoms. The van der Waals surface area contributed by atoms with Crippen LogP contribution in [-0.2, 0) is 16.1 Å². The van der Waals surface area contributed by atoms with Crippen LogP contribution in [0.1, 0.15) is 32.6 Å². The van der Waals surface area contributed by atoms with Crippen molar-refractivity contribution in [2.24, 2.45) is 0 Å². The van der Waals surface area contributed by atoms with Crippen LogP contribution in [0.25, 0.3) is 0 Å². The molecule has 0 fully saturated rings. The molecule has 0 radical (unpaired) electrons. The predicted octanol–water partition coefficient (Wildman–Crippen LogP) is 1.66. The summed E-state index contributed by atoms with van der Waals surface area (Å²) < 4.78 is 20.0. The van der Waals surface area contributed by atoms with E-state index >= 15 is 0 Å². The average molecular weight is 385 g/mol. The summed E-state index contributed by atoms with van der Waals surface area (Å²) in [5.74, 6) is -0.912. The zero-order valence-electron chi connectivity index (χ0n) is 14.7. The van der Waals surface area contributed by atoms with Gasteiger partial charge in [0, 0.05) is 6.92 Å². The average Bonchev–Trinajstić information content (AvgIpc) is 3.37. The van der Waals surface area contributed by atoms with Gasteiger partial charge in [0.25, 0.3) is 11.8 Å². The first kappa shape index (κ1) is 18.8. The second kappa shape index (κ2) is 8.62. The number of furan rings is 1. The van der Waals surface area contributed by atoms with E-state index in [9.17, 15) is 14.4 Å². The SMILES string of the molecule is Cc1nc(COc2ccc(C(=O)OCC(=O)NC(=O)c3ccco3)cc2)no1. The molecule has 2 aromatic heterocycles. The third-order valence-electron chi connectivity index (χ3n) is 3.36. The number of hydrogen-bond donors (Lipinski definition) is 1. The Morgan fingerprint density at radius 1 is 1.14 bits per heavy atom. The summed E-state index contributed by atoms with van der Waals surface area (Å²) in [7, 11) is 0. The Labute approximate surface area is 158 Å². The molecule has 10 heteroatoms. The lowest BCUT2D eigenvalue weighted by molar-refractivity contribution is -0.123. The van der Waals surface area contributed by atoms with Crippen LogP contribution in [0.2, 0.25) is 0 Å². The summed E-state index contributed by atoms with van der Waals surface area (Å²) in [6.07, 6.45) is 1.30. The van der Waals surface area contributed by atoms with Crippen LogP contribution in [0.4, 0.5) is 0 Å². The molecule has 144 valence electrons. The maximum absolute atomic E-state index is 12.0. The first-order valence-electron chi connectivity index (χ1n) is 8.08. The maximum atomic E-state index is 12.0. The molecule has 3 rings (SSSR count). The van der Waals surface area contributed by atoms with Crippen LogP contribution in [0, 0.1) is 6.92 Å². The summed E-state index contributed by atoms with van der Waals surface area (Å²) in [4.78, 5) is 39.3. The number of esters is 1. The Balaban J connectivity index is 1.45. The molecule has 0 aliphatic rings. The molecular formula is C18H15N3O7.